The fraction of sp³-hybridized carbons (Fsp3) is 0.174. The van der Waals surface area contributed by atoms with Gasteiger partial charge in [-0.05, 0) is 40.7 Å². The van der Waals surface area contributed by atoms with Crippen LogP contribution >= 0.6 is 0 Å². The van der Waals surface area contributed by atoms with Crippen molar-refractivity contribution in [2.45, 2.75) is 13.3 Å². The number of allylic oxidation sites excluding steroid dienone is 4. The Hall–Kier alpha value is -2.87. The second kappa shape index (κ2) is 7.80. The maximum Gasteiger partial charge on any atom is 0.0663 e. The standard InChI is InChI=1S/C23H24N2/c1-17-8-10-20(11-9-17)22(24)16-23(25-2)21-14-12-19(13-15-21)18-6-4-3-5-7-18/h3-8,10-17H,9,24H2,1-2H3/b22-16-,25-23+. The lowest BCUT2D eigenvalue weighted by Gasteiger charge is -2.12. The summed E-state index contributed by atoms with van der Waals surface area (Å²) in [7, 11) is 1.80. The van der Waals surface area contributed by atoms with E-state index >= 15 is 0 Å². The molecule has 2 N–H and O–H groups in total. The van der Waals surface area contributed by atoms with E-state index in [9.17, 15) is 0 Å². The summed E-state index contributed by atoms with van der Waals surface area (Å²) in [5, 5.41) is 0. The van der Waals surface area contributed by atoms with Gasteiger partial charge in [0.2, 0.25) is 0 Å². The van der Waals surface area contributed by atoms with Crippen LogP contribution in [0.5, 0.6) is 0 Å². The van der Waals surface area contributed by atoms with E-state index in [-0.39, 0.29) is 0 Å². The first-order valence-corrected chi connectivity index (χ1v) is 8.66. The van der Waals surface area contributed by atoms with Gasteiger partial charge >= 0.3 is 0 Å². The molecule has 2 aromatic rings. The summed E-state index contributed by atoms with van der Waals surface area (Å²) >= 11 is 0. The molecule has 3 rings (SSSR count). The van der Waals surface area contributed by atoms with Crippen LogP contribution in [0.25, 0.3) is 11.1 Å². The van der Waals surface area contributed by atoms with Crippen molar-refractivity contribution in [2.75, 3.05) is 7.05 Å². The molecule has 25 heavy (non-hydrogen) atoms. The highest BCUT2D eigenvalue weighted by Crippen LogP contribution is 2.21. The van der Waals surface area contributed by atoms with E-state index in [0.717, 1.165) is 29.0 Å². The molecule has 0 radical (unpaired) electrons. The van der Waals surface area contributed by atoms with Crippen LogP contribution in [0.15, 0.2) is 95.2 Å². The number of nitrogens with two attached hydrogens (primary N) is 1. The molecule has 0 fully saturated rings. The highest BCUT2D eigenvalue weighted by molar-refractivity contribution is 6.09. The number of rotatable bonds is 4. The smallest absolute Gasteiger partial charge is 0.0663 e. The fourth-order valence-corrected chi connectivity index (χ4v) is 2.91. The van der Waals surface area contributed by atoms with Crippen molar-refractivity contribution in [1.82, 2.24) is 0 Å². The van der Waals surface area contributed by atoms with Crippen molar-refractivity contribution in [3.63, 3.8) is 0 Å². The van der Waals surface area contributed by atoms with E-state index in [4.69, 9.17) is 5.73 Å². The van der Waals surface area contributed by atoms with Crippen molar-refractivity contribution < 1.29 is 0 Å². The second-order valence-electron chi connectivity index (χ2n) is 6.38. The first-order chi connectivity index (χ1) is 12.2. The Bertz CT molecular complexity index is 837. The van der Waals surface area contributed by atoms with Crippen LogP contribution in [0, 0.1) is 5.92 Å². The normalized spacial score (nSPS) is 18.2. The van der Waals surface area contributed by atoms with E-state index in [1.807, 2.05) is 12.1 Å². The minimum absolute atomic E-state index is 0.585. The van der Waals surface area contributed by atoms with Crippen LogP contribution in [0.2, 0.25) is 0 Å². The molecule has 1 unspecified atom stereocenters. The Morgan fingerprint density at radius 3 is 2.32 bits per heavy atom. The lowest BCUT2D eigenvalue weighted by molar-refractivity contribution is 0.731. The number of nitrogens with zero attached hydrogens (tertiary/aromatic N) is 1. The zero-order valence-electron chi connectivity index (χ0n) is 14.8. The van der Waals surface area contributed by atoms with E-state index < -0.39 is 0 Å². The van der Waals surface area contributed by atoms with E-state index in [1.54, 1.807) is 7.05 Å². The van der Waals surface area contributed by atoms with Crippen LogP contribution < -0.4 is 5.73 Å². The third kappa shape index (κ3) is 4.16. The largest absolute Gasteiger partial charge is 0.398 e. The quantitative estimate of drug-likeness (QED) is 0.776. The first kappa shape index (κ1) is 17.0. The van der Waals surface area contributed by atoms with Gasteiger partial charge in [-0.1, -0.05) is 79.7 Å². The predicted molar refractivity (Wildman–Crippen MR) is 108 cm³/mol. The molecule has 126 valence electrons. The van der Waals surface area contributed by atoms with Gasteiger partial charge in [-0.2, -0.15) is 0 Å². The van der Waals surface area contributed by atoms with E-state index in [2.05, 4.69) is 78.7 Å². The van der Waals surface area contributed by atoms with Crippen LogP contribution in [-0.2, 0) is 0 Å². The van der Waals surface area contributed by atoms with Gasteiger partial charge < -0.3 is 5.73 Å². The van der Waals surface area contributed by atoms with Gasteiger partial charge in [-0.15, -0.1) is 0 Å². The van der Waals surface area contributed by atoms with Gasteiger partial charge in [0.05, 0.1) is 5.71 Å². The van der Waals surface area contributed by atoms with Gasteiger partial charge in [0.15, 0.2) is 0 Å². The zero-order chi connectivity index (χ0) is 17.6. The van der Waals surface area contributed by atoms with Crippen molar-refractivity contribution >= 4 is 5.71 Å². The highest BCUT2D eigenvalue weighted by atomic mass is 14.7. The molecule has 2 aromatic carbocycles. The van der Waals surface area contributed by atoms with E-state index in [0.29, 0.717) is 5.92 Å². The third-order valence-corrected chi connectivity index (χ3v) is 4.47. The van der Waals surface area contributed by atoms with Crippen molar-refractivity contribution in [3.8, 4) is 11.1 Å². The monoisotopic (exact) mass is 328 g/mol. The molecular weight excluding hydrogens is 304 g/mol. The summed E-state index contributed by atoms with van der Waals surface area (Å²) in [6.07, 6.45) is 9.50. The summed E-state index contributed by atoms with van der Waals surface area (Å²) in [4.78, 5) is 4.42. The molecule has 0 aromatic heterocycles. The Morgan fingerprint density at radius 1 is 1.04 bits per heavy atom. The molecule has 0 spiro atoms. The van der Waals surface area contributed by atoms with Crippen LogP contribution in [0.4, 0.5) is 0 Å². The lowest BCUT2D eigenvalue weighted by atomic mass is 9.96. The summed E-state index contributed by atoms with van der Waals surface area (Å²) in [5.41, 5.74) is 12.5. The van der Waals surface area contributed by atoms with Gasteiger partial charge in [0.25, 0.3) is 0 Å². The molecule has 0 saturated heterocycles. The Labute approximate surface area is 150 Å². The molecule has 1 aliphatic rings. The van der Waals surface area contributed by atoms with Crippen LogP contribution in [0.3, 0.4) is 0 Å². The molecule has 0 amide bonds. The van der Waals surface area contributed by atoms with Crippen molar-refractivity contribution in [3.05, 3.63) is 95.7 Å². The van der Waals surface area contributed by atoms with Gasteiger partial charge in [-0.25, -0.2) is 0 Å². The number of benzene rings is 2. The summed E-state index contributed by atoms with van der Waals surface area (Å²) in [6, 6.07) is 18.8. The number of hydrogen-bond donors (Lipinski definition) is 1. The summed E-state index contributed by atoms with van der Waals surface area (Å²) in [6.45, 7) is 2.21. The minimum atomic E-state index is 0.585. The maximum absolute atomic E-state index is 6.29. The van der Waals surface area contributed by atoms with Gasteiger partial charge in [-0.3, -0.25) is 4.99 Å². The Balaban J connectivity index is 1.82. The van der Waals surface area contributed by atoms with Crippen LogP contribution in [-0.4, -0.2) is 12.8 Å². The third-order valence-electron chi connectivity index (χ3n) is 4.47. The van der Waals surface area contributed by atoms with Crippen molar-refractivity contribution in [1.29, 1.82) is 0 Å². The van der Waals surface area contributed by atoms with E-state index in [1.165, 1.54) is 11.1 Å². The Kier molecular flexibility index (Phi) is 5.30. The molecule has 0 saturated carbocycles. The number of aliphatic imine (C=N–C) groups is 1. The zero-order valence-corrected chi connectivity index (χ0v) is 14.8. The SMILES string of the molecule is C/N=C(\C=C(/N)C1=CCC(C)C=C1)c1ccc(-c2ccccc2)cc1. The summed E-state index contributed by atoms with van der Waals surface area (Å²) < 4.78 is 0. The topological polar surface area (TPSA) is 38.4 Å². The molecule has 0 heterocycles. The predicted octanol–water partition coefficient (Wildman–Crippen LogP) is 5.14. The molecule has 0 bridgehead atoms. The van der Waals surface area contributed by atoms with Crippen LogP contribution in [0.1, 0.15) is 18.9 Å². The maximum atomic E-state index is 6.29. The van der Waals surface area contributed by atoms with Gasteiger partial charge in [0, 0.05) is 12.7 Å². The average molecular weight is 328 g/mol. The number of hydrogen-bond acceptors (Lipinski definition) is 2. The fourth-order valence-electron chi connectivity index (χ4n) is 2.91. The molecule has 1 atom stereocenters. The van der Waals surface area contributed by atoms with Crippen molar-refractivity contribution in [2.24, 2.45) is 16.6 Å². The molecule has 0 aliphatic heterocycles. The molecule has 2 heteroatoms. The Morgan fingerprint density at radius 2 is 1.72 bits per heavy atom. The molecule has 1 aliphatic carbocycles. The van der Waals surface area contributed by atoms with Gasteiger partial charge in [0.1, 0.15) is 0 Å². The molecule has 2 nitrogen and oxygen atoms in total. The highest BCUT2D eigenvalue weighted by Gasteiger charge is 2.08. The first-order valence-electron chi connectivity index (χ1n) is 8.66. The minimum Gasteiger partial charge on any atom is -0.398 e. The summed E-state index contributed by atoms with van der Waals surface area (Å²) in [5.74, 6) is 0.585. The average Bonchev–Trinajstić information content (AvgIpc) is 2.67. The molecular formula is C23H24N2. The second-order valence-corrected chi connectivity index (χ2v) is 6.38. The lowest BCUT2D eigenvalue weighted by Crippen LogP contribution is -2.08.